The Morgan fingerprint density at radius 2 is 2.62 bits per heavy atom. The molecule has 2 nitrogen and oxygen atoms in total. The smallest absolute Gasteiger partial charge is 0.132 e. The van der Waals surface area contributed by atoms with E-state index in [2.05, 4.69) is 22.1 Å². The van der Waals surface area contributed by atoms with E-state index in [0.29, 0.717) is 5.69 Å². The highest BCUT2D eigenvalue weighted by molar-refractivity contribution is 5.18. The summed E-state index contributed by atoms with van der Waals surface area (Å²) in [5.41, 5.74) is 0.521. The van der Waals surface area contributed by atoms with Crippen LogP contribution in [0.3, 0.4) is 0 Å². The predicted molar refractivity (Wildman–Crippen MR) is 28.8 cm³/mol. The van der Waals surface area contributed by atoms with E-state index >= 15 is 0 Å². The molecule has 8 heavy (non-hydrogen) atoms. The second-order valence-corrected chi connectivity index (χ2v) is 1.18. The predicted octanol–water partition coefficient (Wildman–Crippen LogP) is 0.258. The molecular formula is C6H3N2. The number of rotatable bonds is 0. The number of hydrogen-bond acceptors (Lipinski definition) is 2. The number of nitrogens with zero attached hydrogens (tertiary/aromatic N) is 2. The fourth-order valence-electron chi connectivity index (χ4n) is 0.338. The van der Waals surface area contributed by atoms with Gasteiger partial charge in [0.2, 0.25) is 0 Å². The minimum Gasteiger partial charge on any atom is -0.259 e. The number of hydrogen-bond donors (Lipinski definition) is 0. The monoisotopic (exact) mass is 103 g/mol. The van der Waals surface area contributed by atoms with E-state index in [9.17, 15) is 0 Å². The van der Waals surface area contributed by atoms with Crippen molar-refractivity contribution in [2.75, 3.05) is 0 Å². The first kappa shape index (κ1) is 4.79. The summed E-state index contributed by atoms with van der Waals surface area (Å²) in [7, 11) is 0. The molecule has 0 saturated heterocycles. The lowest BCUT2D eigenvalue weighted by Gasteiger charge is -1.80. The van der Waals surface area contributed by atoms with Crippen LogP contribution in [0.1, 0.15) is 5.69 Å². The van der Waals surface area contributed by atoms with Crippen molar-refractivity contribution in [1.82, 2.24) is 9.97 Å². The molecule has 0 spiro atoms. The first-order valence-corrected chi connectivity index (χ1v) is 2.08. The van der Waals surface area contributed by atoms with Gasteiger partial charge in [-0.05, 0) is 5.92 Å². The zero-order valence-corrected chi connectivity index (χ0v) is 4.13. The maximum Gasteiger partial charge on any atom is 0.132 e. The molecule has 2 heteroatoms. The van der Waals surface area contributed by atoms with Gasteiger partial charge in [-0.1, -0.05) is 0 Å². The van der Waals surface area contributed by atoms with E-state index in [-0.39, 0.29) is 0 Å². The minimum absolute atomic E-state index is 0.521. The lowest BCUT2D eigenvalue weighted by molar-refractivity contribution is 1.16. The Hall–Kier alpha value is -1.36. The van der Waals surface area contributed by atoms with Gasteiger partial charge in [0.05, 0.1) is 12.4 Å². The SMILES string of the molecule is C#Cc1cnc[c]n1. The summed E-state index contributed by atoms with van der Waals surface area (Å²) in [6.07, 6.45) is 10.5. The topological polar surface area (TPSA) is 25.8 Å². The van der Waals surface area contributed by atoms with Gasteiger partial charge in [-0.25, -0.2) is 4.98 Å². The highest BCUT2D eigenvalue weighted by Crippen LogP contribution is 1.81. The Kier molecular flexibility index (Phi) is 1.25. The zero-order chi connectivity index (χ0) is 5.82. The summed E-state index contributed by atoms with van der Waals surface area (Å²) in [6.45, 7) is 0. The molecule has 0 fully saturated rings. The van der Waals surface area contributed by atoms with Crippen molar-refractivity contribution in [2.45, 2.75) is 0 Å². The van der Waals surface area contributed by atoms with Crippen LogP contribution in [0.25, 0.3) is 0 Å². The van der Waals surface area contributed by atoms with Crippen LogP contribution < -0.4 is 0 Å². The zero-order valence-electron chi connectivity index (χ0n) is 4.13. The highest BCUT2D eigenvalue weighted by Gasteiger charge is 1.80. The molecule has 1 heterocycles. The molecule has 0 aliphatic carbocycles. The second-order valence-electron chi connectivity index (χ2n) is 1.18. The highest BCUT2D eigenvalue weighted by atomic mass is 14.7. The molecule has 0 aromatic carbocycles. The summed E-state index contributed by atoms with van der Waals surface area (Å²) in [4.78, 5) is 7.37. The summed E-state index contributed by atoms with van der Waals surface area (Å²) < 4.78 is 0. The van der Waals surface area contributed by atoms with Crippen molar-refractivity contribution >= 4 is 0 Å². The van der Waals surface area contributed by atoms with Gasteiger partial charge in [-0.2, -0.15) is 0 Å². The van der Waals surface area contributed by atoms with Crippen LogP contribution >= 0.6 is 0 Å². The average molecular weight is 103 g/mol. The third-order valence-corrected chi connectivity index (χ3v) is 0.662. The molecule has 1 radical (unpaired) electrons. The van der Waals surface area contributed by atoms with Gasteiger partial charge in [-0.15, -0.1) is 6.42 Å². The molecular weight excluding hydrogens is 100 g/mol. The summed E-state index contributed by atoms with van der Waals surface area (Å²) in [5, 5.41) is 0. The van der Waals surface area contributed by atoms with Gasteiger partial charge >= 0.3 is 0 Å². The van der Waals surface area contributed by atoms with Crippen LogP contribution in [0.4, 0.5) is 0 Å². The number of aromatic nitrogens is 2. The first-order valence-electron chi connectivity index (χ1n) is 2.08. The van der Waals surface area contributed by atoms with Crippen molar-refractivity contribution in [3.05, 3.63) is 24.3 Å². The van der Waals surface area contributed by atoms with Gasteiger partial charge in [0, 0.05) is 0 Å². The largest absolute Gasteiger partial charge is 0.259 e. The fraction of sp³-hybridized carbons (Fsp3) is 0. The van der Waals surface area contributed by atoms with Crippen molar-refractivity contribution < 1.29 is 0 Å². The Morgan fingerprint density at radius 1 is 1.75 bits per heavy atom. The lowest BCUT2D eigenvalue weighted by Crippen LogP contribution is -1.80. The Labute approximate surface area is 47.6 Å². The quantitative estimate of drug-likeness (QED) is 0.440. The standard InChI is InChI=1S/C6H3N2/c1-2-6-5-7-3-4-8-6/h1,3,5H. The normalized spacial score (nSPS) is 7.88. The Morgan fingerprint density at radius 3 is 3.00 bits per heavy atom. The van der Waals surface area contributed by atoms with Crippen LogP contribution in [-0.2, 0) is 0 Å². The van der Waals surface area contributed by atoms with Crippen molar-refractivity contribution in [3.8, 4) is 12.3 Å². The molecule has 1 aromatic heterocycles. The fourth-order valence-corrected chi connectivity index (χ4v) is 0.338. The average Bonchev–Trinajstić information content (AvgIpc) is 1.90. The van der Waals surface area contributed by atoms with Gasteiger partial charge < -0.3 is 0 Å². The van der Waals surface area contributed by atoms with Gasteiger partial charge in [0.15, 0.2) is 0 Å². The van der Waals surface area contributed by atoms with Crippen LogP contribution in [0.15, 0.2) is 12.4 Å². The summed E-state index contributed by atoms with van der Waals surface area (Å²) in [5.74, 6) is 2.32. The van der Waals surface area contributed by atoms with Crippen LogP contribution in [-0.4, -0.2) is 9.97 Å². The van der Waals surface area contributed by atoms with Crippen molar-refractivity contribution in [2.24, 2.45) is 0 Å². The molecule has 1 aromatic rings. The van der Waals surface area contributed by atoms with E-state index in [1.165, 1.54) is 12.4 Å². The third-order valence-electron chi connectivity index (χ3n) is 0.662. The molecule has 0 bridgehead atoms. The molecule has 0 aliphatic heterocycles. The maximum atomic E-state index is 4.98. The molecule has 0 aliphatic rings. The number of terminal acetylenes is 1. The van der Waals surface area contributed by atoms with E-state index in [1.54, 1.807) is 0 Å². The summed E-state index contributed by atoms with van der Waals surface area (Å²) in [6, 6.07) is 0. The van der Waals surface area contributed by atoms with E-state index < -0.39 is 0 Å². The van der Waals surface area contributed by atoms with Crippen LogP contribution in [0, 0.1) is 18.5 Å². The van der Waals surface area contributed by atoms with Gasteiger partial charge in [0.1, 0.15) is 11.9 Å². The van der Waals surface area contributed by atoms with E-state index in [1.807, 2.05) is 0 Å². The van der Waals surface area contributed by atoms with Crippen molar-refractivity contribution in [3.63, 3.8) is 0 Å². The molecule has 0 saturated carbocycles. The summed E-state index contributed by atoms with van der Waals surface area (Å²) >= 11 is 0. The van der Waals surface area contributed by atoms with E-state index in [4.69, 9.17) is 6.42 Å². The van der Waals surface area contributed by atoms with Gasteiger partial charge in [-0.3, -0.25) is 4.98 Å². The van der Waals surface area contributed by atoms with E-state index in [0.717, 1.165) is 0 Å². The second kappa shape index (κ2) is 2.08. The van der Waals surface area contributed by atoms with Crippen molar-refractivity contribution in [1.29, 1.82) is 0 Å². The van der Waals surface area contributed by atoms with Gasteiger partial charge in [0.25, 0.3) is 0 Å². The maximum absolute atomic E-state index is 4.98. The molecule has 1 rings (SSSR count). The first-order chi connectivity index (χ1) is 3.93. The Bertz CT molecular complexity index is 198. The molecule has 0 amide bonds. The minimum atomic E-state index is 0.521. The molecule has 0 N–H and O–H groups in total. The molecule has 0 unspecified atom stereocenters. The molecule has 37 valence electrons. The van der Waals surface area contributed by atoms with Crippen LogP contribution in [0.5, 0.6) is 0 Å². The lowest BCUT2D eigenvalue weighted by atomic mass is 10.5. The third kappa shape index (κ3) is 0.824. The molecule has 0 atom stereocenters. The van der Waals surface area contributed by atoms with Crippen LogP contribution in [0.2, 0.25) is 0 Å². The Balaban J connectivity index is 3.05.